The number of aliphatic hydroxyl groups excluding tert-OH is 1. The van der Waals surface area contributed by atoms with Crippen molar-refractivity contribution in [2.24, 2.45) is 0 Å². The summed E-state index contributed by atoms with van der Waals surface area (Å²) in [5.74, 6) is 2.30. The maximum atomic E-state index is 9.27. The van der Waals surface area contributed by atoms with E-state index in [0.717, 1.165) is 48.8 Å². The van der Waals surface area contributed by atoms with Crippen molar-refractivity contribution in [3.8, 4) is 11.9 Å². The number of benzene rings is 1. The van der Waals surface area contributed by atoms with Crippen LogP contribution < -0.4 is 15.0 Å². The van der Waals surface area contributed by atoms with Crippen molar-refractivity contribution >= 4 is 11.8 Å². The van der Waals surface area contributed by atoms with Gasteiger partial charge in [0.2, 0.25) is 5.95 Å². The molecule has 146 valence electrons. The van der Waals surface area contributed by atoms with Crippen molar-refractivity contribution in [3.05, 3.63) is 41.6 Å². The number of ether oxygens (including phenoxy) is 1. The molecule has 2 aliphatic rings. The van der Waals surface area contributed by atoms with E-state index in [1.165, 1.54) is 0 Å². The van der Waals surface area contributed by atoms with Crippen molar-refractivity contribution in [3.63, 3.8) is 0 Å². The highest BCUT2D eigenvalue weighted by molar-refractivity contribution is 5.54. The van der Waals surface area contributed by atoms with Gasteiger partial charge in [-0.05, 0) is 12.1 Å². The Labute approximate surface area is 164 Å². The van der Waals surface area contributed by atoms with Gasteiger partial charge in [0, 0.05) is 38.0 Å². The van der Waals surface area contributed by atoms with Crippen molar-refractivity contribution in [1.82, 2.24) is 14.9 Å². The second-order valence-electron chi connectivity index (χ2n) is 7.02. The second kappa shape index (κ2) is 8.31. The van der Waals surface area contributed by atoms with Gasteiger partial charge in [0.1, 0.15) is 17.7 Å². The minimum atomic E-state index is 0.0162. The molecule has 0 aliphatic carbocycles. The highest BCUT2D eigenvalue weighted by atomic mass is 16.5. The zero-order valence-corrected chi connectivity index (χ0v) is 15.7. The molecular formula is C20H24N6O2. The largest absolute Gasteiger partial charge is 0.490 e. The van der Waals surface area contributed by atoms with E-state index in [9.17, 15) is 5.26 Å². The average molecular weight is 380 g/mol. The molecule has 4 rings (SSSR count). The quantitative estimate of drug-likeness (QED) is 0.731. The number of nitrogens with one attached hydrogen (secondary N) is 1. The lowest BCUT2D eigenvalue weighted by molar-refractivity contribution is 0.170. The van der Waals surface area contributed by atoms with Crippen LogP contribution >= 0.6 is 0 Å². The van der Waals surface area contributed by atoms with E-state index in [0.29, 0.717) is 25.6 Å². The molecule has 0 atom stereocenters. The van der Waals surface area contributed by atoms with Gasteiger partial charge in [0.15, 0.2) is 6.19 Å². The van der Waals surface area contributed by atoms with Crippen molar-refractivity contribution in [2.45, 2.75) is 32.0 Å². The number of hydrogen-bond acceptors (Lipinski definition) is 8. The Kier molecular flexibility index (Phi) is 5.44. The number of hydrogen-bond donors (Lipinski definition) is 2. The number of piperidine rings is 1. The van der Waals surface area contributed by atoms with Gasteiger partial charge in [0.25, 0.3) is 0 Å². The highest BCUT2D eigenvalue weighted by Gasteiger charge is 2.29. The fourth-order valence-corrected chi connectivity index (χ4v) is 3.69. The van der Waals surface area contributed by atoms with Crippen LogP contribution in [0.1, 0.15) is 24.1 Å². The summed E-state index contributed by atoms with van der Waals surface area (Å²) in [6.45, 7) is 3.14. The van der Waals surface area contributed by atoms with Crippen molar-refractivity contribution in [2.75, 3.05) is 36.5 Å². The molecule has 8 heteroatoms. The molecule has 0 bridgehead atoms. The van der Waals surface area contributed by atoms with Gasteiger partial charge >= 0.3 is 0 Å². The Morgan fingerprint density at radius 1 is 1.18 bits per heavy atom. The third-order valence-electron chi connectivity index (χ3n) is 5.08. The minimum absolute atomic E-state index is 0.0162. The first kappa shape index (κ1) is 18.3. The van der Waals surface area contributed by atoms with Gasteiger partial charge in [-0.3, -0.25) is 0 Å². The summed E-state index contributed by atoms with van der Waals surface area (Å²) < 4.78 is 6.09. The molecule has 0 spiro atoms. The lowest BCUT2D eigenvalue weighted by Crippen LogP contribution is -2.39. The molecule has 0 saturated carbocycles. The molecule has 3 heterocycles. The molecule has 2 N–H and O–H groups in total. The van der Waals surface area contributed by atoms with Gasteiger partial charge in [0.05, 0.1) is 25.4 Å². The van der Waals surface area contributed by atoms with Crippen LogP contribution in [0.15, 0.2) is 30.3 Å². The summed E-state index contributed by atoms with van der Waals surface area (Å²) in [5, 5.41) is 21.4. The van der Waals surface area contributed by atoms with Gasteiger partial charge in [-0.25, -0.2) is 4.98 Å². The van der Waals surface area contributed by atoms with Gasteiger partial charge < -0.3 is 25.0 Å². The maximum absolute atomic E-state index is 9.27. The third kappa shape index (κ3) is 3.94. The van der Waals surface area contributed by atoms with E-state index in [1.54, 1.807) is 4.90 Å². The lowest BCUT2D eigenvalue weighted by atomic mass is 10.1. The van der Waals surface area contributed by atoms with Crippen LogP contribution in [0.4, 0.5) is 11.8 Å². The van der Waals surface area contributed by atoms with Gasteiger partial charge in [-0.1, -0.05) is 18.2 Å². The van der Waals surface area contributed by atoms with Crippen LogP contribution in [0.5, 0.6) is 5.75 Å². The monoisotopic (exact) mass is 380 g/mol. The molecule has 2 aromatic rings. The molecule has 1 aromatic heterocycles. The molecule has 8 nitrogen and oxygen atoms in total. The van der Waals surface area contributed by atoms with E-state index in [2.05, 4.69) is 21.4 Å². The Hall–Kier alpha value is -3.05. The fraction of sp³-hybridized carbons (Fsp3) is 0.450. The van der Waals surface area contributed by atoms with Crippen LogP contribution in [0.3, 0.4) is 0 Å². The van der Waals surface area contributed by atoms with Crippen molar-refractivity contribution in [1.29, 1.82) is 5.26 Å². The predicted octanol–water partition coefficient (Wildman–Crippen LogP) is 1.73. The number of para-hydroxylation sites is 1. The fourth-order valence-electron chi connectivity index (χ4n) is 3.69. The van der Waals surface area contributed by atoms with Crippen molar-refractivity contribution < 1.29 is 9.84 Å². The maximum Gasteiger partial charge on any atom is 0.225 e. The smallest absolute Gasteiger partial charge is 0.225 e. The molecule has 0 radical (unpaired) electrons. The van der Waals surface area contributed by atoms with Crippen LogP contribution in [-0.2, 0) is 13.1 Å². The number of aliphatic hydroxyl groups is 1. The summed E-state index contributed by atoms with van der Waals surface area (Å²) in [7, 11) is 0. The SMILES string of the molecule is N#CN1Cc2nc(NCCO)nc(N3CCC(Oc4ccccc4)CC3)c2C1. The molecule has 1 saturated heterocycles. The van der Waals surface area contributed by atoms with Crippen LogP contribution in [0, 0.1) is 11.5 Å². The number of nitriles is 1. The number of fused-ring (bicyclic) bond motifs is 1. The summed E-state index contributed by atoms with van der Waals surface area (Å²) in [6.07, 6.45) is 4.22. The Morgan fingerprint density at radius 2 is 1.96 bits per heavy atom. The van der Waals surface area contributed by atoms with Gasteiger partial charge in [-0.2, -0.15) is 10.2 Å². The zero-order valence-electron chi connectivity index (χ0n) is 15.7. The normalized spacial score (nSPS) is 16.6. The summed E-state index contributed by atoms with van der Waals surface area (Å²) in [5.41, 5.74) is 1.91. The van der Waals surface area contributed by atoms with E-state index < -0.39 is 0 Å². The molecule has 0 unspecified atom stereocenters. The average Bonchev–Trinajstić information content (AvgIpc) is 3.16. The number of anilines is 2. The molecule has 0 amide bonds. The first-order valence-corrected chi connectivity index (χ1v) is 9.62. The lowest BCUT2D eigenvalue weighted by Gasteiger charge is -2.34. The molecular weight excluding hydrogens is 356 g/mol. The summed E-state index contributed by atoms with van der Waals surface area (Å²) in [4.78, 5) is 13.2. The van der Waals surface area contributed by atoms with Gasteiger partial charge in [-0.15, -0.1) is 0 Å². The summed E-state index contributed by atoms with van der Waals surface area (Å²) in [6, 6.07) is 9.92. The second-order valence-corrected chi connectivity index (χ2v) is 7.02. The first-order chi connectivity index (χ1) is 13.8. The van der Waals surface area contributed by atoms with Crippen LogP contribution in [-0.4, -0.2) is 52.3 Å². The van der Waals surface area contributed by atoms with E-state index in [1.807, 2.05) is 30.3 Å². The minimum Gasteiger partial charge on any atom is -0.490 e. The standard InChI is InChI=1S/C20H24N6O2/c21-14-25-12-17-18(13-25)23-20(22-8-11-27)24-19(17)26-9-6-16(7-10-26)28-15-4-2-1-3-5-15/h1-5,16,27H,6-13H2,(H,22,23,24). The molecule has 28 heavy (non-hydrogen) atoms. The summed E-state index contributed by atoms with van der Waals surface area (Å²) >= 11 is 0. The Balaban J connectivity index is 1.48. The molecule has 1 fully saturated rings. The highest BCUT2D eigenvalue weighted by Crippen LogP contribution is 2.32. The molecule has 1 aromatic carbocycles. The number of rotatable bonds is 6. The number of aromatic nitrogens is 2. The first-order valence-electron chi connectivity index (χ1n) is 9.62. The zero-order chi connectivity index (χ0) is 19.3. The Bertz CT molecular complexity index is 846. The molecule has 2 aliphatic heterocycles. The van der Waals surface area contributed by atoms with E-state index in [4.69, 9.17) is 14.8 Å². The van der Waals surface area contributed by atoms with Crippen LogP contribution in [0.2, 0.25) is 0 Å². The topological polar surface area (TPSA) is 97.5 Å². The van der Waals surface area contributed by atoms with Crippen LogP contribution in [0.25, 0.3) is 0 Å². The number of nitrogens with zero attached hydrogens (tertiary/aromatic N) is 5. The Morgan fingerprint density at radius 3 is 2.68 bits per heavy atom. The predicted molar refractivity (Wildman–Crippen MR) is 105 cm³/mol. The van der Waals surface area contributed by atoms with E-state index >= 15 is 0 Å². The third-order valence-corrected chi connectivity index (χ3v) is 5.08. The van der Waals surface area contributed by atoms with E-state index in [-0.39, 0.29) is 12.7 Å².